The Labute approximate surface area is 115 Å². The van der Waals surface area contributed by atoms with Crippen LogP contribution in [-0.4, -0.2) is 24.7 Å². The van der Waals surface area contributed by atoms with Gasteiger partial charge < -0.3 is 5.32 Å². The number of halogens is 1. The maximum absolute atomic E-state index is 11.4. The molecule has 0 aliphatic carbocycles. The quantitative estimate of drug-likeness (QED) is 0.894. The molecule has 98 valence electrons. The van der Waals surface area contributed by atoms with Crippen LogP contribution in [0.15, 0.2) is 24.3 Å². The normalized spacial score (nSPS) is 11.7. The van der Waals surface area contributed by atoms with Gasteiger partial charge in [0, 0.05) is 17.3 Å². The molecule has 0 heterocycles. The van der Waals surface area contributed by atoms with Gasteiger partial charge in [-0.05, 0) is 24.6 Å². The minimum atomic E-state index is -0.486. The molecular weight excluding hydrogens is 272 g/mol. The van der Waals surface area contributed by atoms with Gasteiger partial charge in [-0.2, -0.15) is 0 Å². The largest absolute Gasteiger partial charge is 0.341 e. The molecule has 0 radical (unpaired) electrons. The summed E-state index contributed by atoms with van der Waals surface area (Å²) in [6.07, 6.45) is 0. The van der Waals surface area contributed by atoms with Gasteiger partial charge in [0.2, 0.25) is 5.91 Å². The number of nitrogens with one attached hydrogen (secondary N) is 2. The van der Waals surface area contributed by atoms with Crippen molar-refractivity contribution in [1.82, 2.24) is 10.6 Å². The average molecular weight is 287 g/mol. The Morgan fingerprint density at radius 2 is 1.94 bits per heavy atom. The Bertz CT molecular complexity index is 423. The van der Waals surface area contributed by atoms with E-state index in [0.29, 0.717) is 5.02 Å². The van der Waals surface area contributed by atoms with Crippen molar-refractivity contribution in [2.75, 3.05) is 12.8 Å². The highest BCUT2D eigenvalue weighted by molar-refractivity contribution is 8.00. The minimum absolute atomic E-state index is 0.165. The summed E-state index contributed by atoms with van der Waals surface area (Å²) in [5.41, 5.74) is 1.09. The van der Waals surface area contributed by atoms with Crippen molar-refractivity contribution in [3.63, 3.8) is 0 Å². The van der Waals surface area contributed by atoms with Gasteiger partial charge in [-0.25, -0.2) is 4.79 Å². The van der Waals surface area contributed by atoms with Crippen LogP contribution in [0.5, 0.6) is 0 Å². The Balaban J connectivity index is 2.41. The van der Waals surface area contributed by atoms with Crippen LogP contribution in [0.1, 0.15) is 17.7 Å². The molecule has 0 aromatic heterocycles. The molecule has 1 atom stereocenters. The summed E-state index contributed by atoms with van der Waals surface area (Å²) in [5.74, 6) is -0.0721. The summed E-state index contributed by atoms with van der Waals surface area (Å²) in [6.45, 7) is 2.00. The van der Waals surface area contributed by atoms with Crippen LogP contribution in [0.4, 0.5) is 4.79 Å². The second kappa shape index (κ2) is 7.28. The topological polar surface area (TPSA) is 58.2 Å². The molecule has 1 rings (SSSR count). The molecule has 3 amide bonds. The first-order valence-corrected chi connectivity index (χ1v) is 6.84. The van der Waals surface area contributed by atoms with Crippen LogP contribution >= 0.6 is 23.4 Å². The number of carbonyl (C=O) groups is 2. The number of urea groups is 1. The lowest BCUT2D eigenvalue weighted by molar-refractivity contribution is -0.117. The summed E-state index contributed by atoms with van der Waals surface area (Å²) in [6, 6.07) is 7.00. The molecule has 18 heavy (non-hydrogen) atoms. The lowest BCUT2D eigenvalue weighted by Gasteiger charge is -2.11. The Morgan fingerprint density at radius 1 is 1.33 bits per heavy atom. The Hall–Kier alpha value is -1.20. The van der Waals surface area contributed by atoms with Crippen LogP contribution in [0.25, 0.3) is 0 Å². The average Bonchev–Trinajstić information content (AvgIpc) is 2.36. The molecule has 0 unspecified atom stereocenters. The van der Waals surface area contributed by atoms with E-state index >= 15 is 0 Å². The molecule has 0 aliphatic heterocycles. The van der Waals surface area contributed by atoms with E-state index in [4.69, 9.17) is 11.6 Å². The van der Waals surface area contributed by atoms with Crippen LogP contribution in [0, 0.1) is 0 Å². The van der Waals surface area contributed by atoms with Gasteiger partial charge in [-0.15, -0.1) is 11.8 Å². The maximum atomic E-state index is 11.4. The summed E-state index contributed by atoms with van der Waals surface area (Å²) >= 11 is 7.26. The van der Waals surface area contributed by atoms with Crippen LogP contribution in [0.3, 0.4) is 0 Å². The first kappa shape index (κ1) is 14.9. The molecule has 1 aromatic carbocycles. The van der Waals surface area contributed by atoms with Crippen molar-refractivity contribution in [3.8, 4) is 0 Å². The monoisotopic (exact) mass is 286 g/mol. The van der Waals surface area contributed by atoms with Crippen LogP contribution < -0.4 is 10.6 Å². The molecule has 0 bridgehead atoms. The Kier molecular flexibility index (Phi) is 6.01. The number of hydrogen-bond donors (Lipinski definition) is 2. The lowest BCUT2D eigenvalue weighted by Crippen LogP contribution is -2.38. The standard InChI is InChI=1S/C12H15ClN2O2S/c1-8(9-3-5-10(13)6-4-9)18-7-11(16)15-12(17)14-2/h3-6,8H,7H2,1-2H3,(H2,14,15,16,17)/t8-/m1/s1. The van der Waals surface area contributed by atoms with Gasteiger partial charge in [0.1, 0.15) is 0 Å². The zero-order valence-corrected chi connectivity index (χ0v) is 11.8. The molecule has 4 nitrogen and oxygen atoms in total. The minimum Gasteiger partial charge on any atom is -0.341 e. The van der Waals surface area contributed by atoms with E-state index in [2.05, 4.69) is 10.6 Å². The van der Waals surface area contributed by atoms with Crippen LogP contribution in [0.2, 0.25) is 5.02 Å². The number of rotatable bonds is 4. The van der Waals surface area contributed by atoms with E-state index in [0.717, 1.165) is 5.56 Å². The Morgan fingerprint density at radius 3 is 2.50 bits per heavy atom. The van der Waals surface area contributed by atoms with Gasteiger partial charge in [-0.1, -0.05) is 23.7 Å². The molecule has 0 saturated heterocycles. The van der Waals surface area contributed by atoms with Crippen molar-refractivity contribution in [2.45, 2.75) is 12.2 Å². The van der Waals surface area contributed by atoms with Gasteiger partial charge in [0.15, 0.2) is 0 Å². The zero-order chi connectivity index (χ0) is 13.5. The number of hydrogen-bond acceptors (Lipinski definition) is 3. The molecule has 0 aliphatic rings. The van der Waals surface area contributed by atoms with E-state index in [-0.39, 0.29) is 16.9 Å². The summed E-state index contributed by atoms with van der Waals surface area (Å²) in [5, 5.41) is 5.39. The van der Waals surface area contributed by atoms with Crippen molar-refractivity contribution in [1.29, 1.82) is 0 Å². The molecule has 6 heteroatoms. The predicted molar refractivity (Wildman–Crippen MR) is 74.9 cm³/mol. The number of carbonyl (C=O) groups excluding carboxylic acids is 2. The van der Waals surface area contributed by atoms with Crippen LogP contribution in [-0.2, 0) is 4.79 Å². The smallest absolute Gasteiger partial charge is 0.321 e. The first-order valence-electron chi connectivity index (χ1n) is 5.41. The van der Waals surface area contributed by atoms with Crippen molar-refractivity contribution in [3.05, 3.63) is 34.9 Å². The van der Waals surface area contributed by atoms with Gasteiger partial charge in [-0.3, -0.25) is 10.1 Å². The van der Waals surface area contributed by atoms with Crippen molar-refractivity contribution < 1.29 is 9.59 Å². The number of thioether (sulfide) groups is 1. The van der Waals surface area contributed by atoms with E-state index in [1.807, 2.05) is 31.2 Å². The third-order valence-electron chi connectivity index (χ3n) is 2.28. The SMILES string of the molecule is CNC(=O)NC(=O)CS[C@H](C)c1ccc(Cl)cc1. The van der Waals surface area contributed by atoms with E-state index < -0.39 is 6.03 Å². The number of imide groups is 1. The predicted octanol–water partition coefficient (Wildman–Crippen LogP) is 2.59. The van der Waals surface area contributed by atoms with Crippen molar-refractivity contribution >= 4 is 35.3 Å². The maximum Gasteiger partial charge on any atom is 0.321 e. The fourth-order valence-electron chi connectivity index (χ4n) is 1.26. The first-order chi connectivity index (χ1) is 8.52. The fourth-order valence-corrected chi connectivity index (χ4v) is 2.21. The molecule has 0 spiro atoms. The summed E-state index contributed by atoms with van der Waals surface area (Å²) in [4.78, 5) is 22.3. The van der Waals surface area contributed by atoms with E-state index in [1.54, 1.807) is 0 Å². The molecule has 1 aromatic rings. The third-order valence-corrected chi connectivity index (χ3v) is 3.74. The second-order valence-electron chi connectivity index (χ2n) is 3.63. The third kappa shape index (κ3) is 4.98. The highest BCUT2D eigenvalue weighted by Crippen LogP contribution is 2.28. The van der Waals surface area contributed by atoms with Gasteiger partial charge in [0.25, 0.3) is 0 Å². The lowest BCUT2D eigenvalue weighted by atomic mass is 10.2. The summed E-state index contributed by atoms with van der Waals surface area (Å²) in [7, 11) is 1.46. The highest BCUT2D eigenvalue weighted by atomic mass is 35.5. The number of benzene rings is 1. The fraction of sp³-hybridized carbons (Fsp3) is 0.333. The number of amides is 3. The molecular formula is C12H15ClN2O2S. The van der Waals surface area contributed by atoms with Gasteiger partial charge >= 0.3 is 6.03 Å². The molecule has 0 fully saturated rings. The van der Waals surface area contributed by atoms with Crippen molar-refractivity contribution in [2.24, 2.45) is 0 Å². The molecule has 2 N–H and O–H groups in total. The van der Waals surface area contributed by atoms with Gasteiger partial charge in [0.05, 0.1) is 5.75 Å². The molecule has 0 saturated carbocycles. The van der Waals surface area contributed by atoms with E-state index in [1.165, 1.54) is 18.8 Å². The van der Waals surface area contributed by atoms with E-state index in [9.17, 15) is 9.59 Å². The highest BCUT2D eigenvalue weighted by Gasteiger charge is 2.10. The zero-order valence-electron chi connectivity index (χ0n) is 10.2. The second-order valence-corrected chi connectivity index (χ2v) is 5.40. The summed E-state index contributed by atoms with van der Waals surface area (Å²) < 4.78 is 0.